The van der Waals surface area contributed by atoms with E-state index in [-0.39, 0.29) is 23.7 Å². The average molecular weight is 255 g/mol. The van der Waals surface area contributed by atoms with Crippen LogP contribution >= 0.6 is 0 Å². The van der Waals surface area contributed by atoms with Gasteiger partial charge in [0.15, 0.2) is 0 Å². The maximum atomic E-state index is 11.6. The van der Waals surface area contributed by atoms with Crippen LogP contribution < -0.4 is 0 Å². The van der Waals surface area contributed by atoms with Crippen LogP contribution in [0.4, 0.5) is 0 Å². The lowest BCUT2D eigenvalue weighted by Crippen LogP contribution is -2.11. The van der Waals surface area contributed by atoms with E-state index in [1.54, 1.807) is 25.3 Å². The second-order valence-corrected chi connectivity index (χ2v) is 6.35. The number of sulfone groups is 1. The van der Waals surface area contributed by atoms with Gasteiger partial charge in [-0.05, 0) is 18.6 Å². The van der Waals surface area contributed by atoms with E-state index in [1.807, 2.05) is 6.07 Å². The molecule has 0 atom stereocenters. The van der Waals surface area contributed by atoms with Gasteiger partial charge in [-0.25, -0.2) is 8.42 Å². The Labute approximate surface area is 102 Å². The van der Waals surface area contributed by atoms with Crippen molar-refractivity contribution in [2.24, 2.45) is 0 Å². The molecule has 0 saturated carbocycles. The minimum Gasteiger partial charge on any atom is -0.299 e. The van der Waals surface area contributed by atoms with E-state index in [9.17, 15) is 13.2 Å². The molecule has 0 spiro atoms. The van der Waals surface area contributed by atoms with Crippen molar-refractivity contribution in [2.45, 2.75) is 26.2 Å². The molecule has 4 nitrogen and oxygen atoms in total. The maximum absolute atomic E-state index is 11.6. The largest absolute Gasteiger partial charge is 0.299 e. The molecule has 0 aliphatic rings. The van der Waals surface area contributed by atoms with E-state index in [0.717, 1.165) is 5.69 Å². The Morgan fingerprint density at radius 3 is 2.71 bits per heavy atom. The van der Waals surface area contributed by atoms with Gasteiger partial charge in [0, 0.05) is 30.5 Å². The monoisotopic (exact) mass is 255 g/mol. The van der Waals surface area contributed by atoms with Gasteiger partial charge in [0.25, 0.3) is 0 Å². The normalized spacial score (nSPS) is 11.4. The summed E-state index contributed by atoms with van der Waals surface area (Å²) in [6.45, 7) is 1.62. The van der Waals surface area contributed by atoms with E-state index in [4.69, 9.17) is 0 Å². The fourth-order valence-electron chi connectivity index (χ4n) is 1.43. The second kappa shape index (κ2) is 6.49. The molecule has 1 aromatic rings. The van der Waals surface area contributed by atoms with Crippen LogP contribution in [0.25, 0.3) is 0 Å². The van der Waals surface area contributed by atoms with Gasteiger partial charge in [0.1, 0.15) is 15.6 Å². The molecule has 0 aliphatic carbocycles. The van der Waals surface area contributed by atoms with Crippen molar-refractivity contribution in [3.8, 4) is 0 Å². The Bertz CT molecular complexity index is 454. The van der Waals surface area contributed by atoms with Crippen LogP contribution in [0.1, 0.15) is 25.5 Å². The Morgan fingerprint density at radius 1 is 1.35 bits per heavy atom. The van der Waals surface area contributed by atoms with E-state index in [1.165, 1.54) is 0 Å². The zero-order valence-corrected chi connectivity index (χ0v) is 10.7. The molecule has 0 radical (unpaired) electrons. The summed E-state index contributed by atoms with van der Waals surface area (Å²) < 4.78 is 22.4. The van der Waals surface area contributed by atoms with Gasteiger partial charge >= 0.3 is 0 Å². The topological polar surface area (TPSA) is 64.1 Å². The first-order chi connectivity index (χ1) is 8.03. The summed E-state index contributed by atoms with van der Waals surface area (Å²) in [5.74, 6) is 0.272. The predicted molar refractivity (Wildman–Crippen MR) is 66.5 cm³/mol. The molecule has 0 fully saturated rings. The fraction of sp³-hybridized carbons (Fsp3) is 0.500. The first-order valence-electron chi connectivity index (χ1n) is 5.65. The van der Waals surface area contributed by atoms with Crippen molar-refractivity contribution in [1.29, 1.82) is 0 Å². The molecule has 94 valence electrons. The van der Waals surface area contributed by atoms with E-state index in [2.05, 4.69) is 4.98 Å². The van der Waals surface area contributed by atoms with Gasteiger partial charge in [0.05, 0.1) is 5.75 Å². The summed E-state index contributed by atoms with van der Waals surface area (Å²) in [6.07, 6.45) is 2.63. The highest BCUT2D eigenvalue weighted by Crippen LogP contribution is 2.02. The lowest BCUT2D eigenvalue weighted by atomic mass is 10.1. The standard InChI is InChI=1S/C12H17NO3S/c1-2-17(15,16)9-5-7-12(14)10-11-6-3-4-8-13-11/h3-4,6,8H,2,5,7,9-10H2,1H3. The number of hydrogen-bond acceptors (Lipinski definition) is 4. The molecule has 0 aromatic carbocycles. The first-order valence-corrected chi connectivity index (χ1v) is 7.47. The number of pyridine rings is 1. The summed E-state index contributed by atoms with van der Waals surface area (Å²) in [5, 5.41) is 0. The minimum atomic E-state index is -2.96. The molecular weight excluding hydrogens is 238 g/mol. The van der Waals surface area contributed by atoms with E-state index in [0.29, 0.717) is 12.8 Å². The third-order valence-electron chi connectivity index (χ3n) is 2.46. The summed E-state index contributed by atoms with van der Waals surface area (Å²) in [7, 11) is -2.96. The number of Topliss-reactive ketones (excluding diaryl/α,β-unsaturated/α-hetero) is 1. The average Bonchev–Trinajstić information content (AvgIpc) is 2.30. The minimum absolute atomic E-state index is 0.0370. The molecule has 5 heteroatoms. The molecule has 0 N–H and O–H groups in total. The molecular formula is C12H17NO3S. The van der Waals surface area contributed by atoms with Crippen LogP contribution in [0.3, 0.4) is 0 Å². The maximum Gasteiger partial charge on any atom is 0.150 e. The number of carbonyl (C=O) groups is 1. The Hall–Kier alpha value is -1.23. The predicted octanol–water partition coefficient (Wildman–Crippen LogP) is 1.41. The molecule has 1 heterocycles. The third-order valence-corrected chi connectivity index (χ3v) is 4.25. The van der Waals surface area contributed by atoms with Crippen LogP contribution in [-0.2, 0) is 21.1 Å². The van der Waals surface area contributed by atoms with E-state index < -0.39 is 9.84 Å². The van der Waals surface area contributed by atoms with Crippen molar-refractivity contribution < 1.29 is 13.2 Å². The van der Waals surface area contributed by atoms with Crippen LogP contribution in [0.5, 0.6) is 0 Å². The highest BCUT2D eigenvalue weighted by atomic mass is 32.2. The highest BCUT2D eigenvalue weighted by molar-refractivity contribution is 7.91. The molecule has 17 heavy (non-hydrogen) atoms. The van der Waals surface area contributed by atoms with Crippen LogP contribution in [0, 0.1) is 0 Å². The van der Waals surface area contributed by atoms with Crippen LogP contribution in [0.2, 0.25) is 0 Å². The number of hydrogen-bond donors (Lipinski definition) is 0. The van der Waals surface area contributed by atoms with Gasteiger partial charge in [0.2, 0.25) is 0 Å². The Kier molecular flexibility index (Phi) is 5.28. The van der Waals surface area contributed by atoms with E-state index >= 15 is 0 Å². The van der Waals surface area contributed by atoms with Crippen LogP contribution in [-0.4, -0.2) is 30.7 Å². The van der Waals surface area contributed by atoms with Gasteiger partial charge < -0.3 is 0 Å². The number of carbonyl (C=O) groups excluding carboxylic acids is 1. The summed E-state index contributed by atoms with van der Waals surface area (Å²) in [5.41, 5.74) is 0.732. The highest BCUT2D eigenvalue weighted by Gasteiger charge is 2.09. The molecule has 0 aliphatic heterocycles. The fourth-order valence-corrected chi connectivity index (χ4v) is 2.30. The quantitative estimate of drug-likeness (QED) is 0.739. The van der Waals surface area contributed by atoms with Crippen molar-refractivity contribution in [1.82, 2.24) is 4.98 Å². The zero-order chi connectivity index (χ0) is 12.7. The SMILES string of the molecule is CCS(=O)(=O)CCCC(=O)Cc1ccccn1. The second-order valence-electron chi connectivity index (χ2n) is 3.88. The number of rotatable bonds is 7. The summed E-state index contributed by atoms with van der Waals surface area (Å²) in [4.78, 5) is 15.6. The number of ketones is 1. The molecule has 0 saturated heterocycles. The number of nitrogens with zero attached hydrogens (tertiary/aromatic N) is 1. The molecule has 0 amide bonds. The summed E-state index contributed by atoms with van der Waals surface area (Å²) >= 11 is 0. The Balaban J connectivity index is 2.32. The van der Waals surface area contributed by atoms with Gasteiger partial charge in [-0.3, -0.25) is 9.78 Å². The van der Waals surface area contributed by atoms with Crippen LogP contribution in [0.15, 0.2) is 24.4 Å². The zero-order valence-electron chi connectivity index (χ0n) is 9.93. The first kappa shape index (κ1) is 13.8. The van der Waals surface area contributed by atoms with Gasteiger partial charge in [-0.15, -0.1) is 0 Å². The van der Waals surface area contributed by atoms with Crippen molar-refractivity contribution in [3.63, 3.8) is 0 Å². The Morgan fingerprint density at radius 2 is 2.12 bits per heavy atom. The molecule has 0 bridgehead atoms. The number of aromatic nitrogens is 1. The lowest BCUT2D eigenvalue weighted by Gasteiger charge is -2.01. The molecule has 1 rings (SSSR count). The van der Waals surface area contributed by atoms with Crippen molar-refractivity contribution in [3.05, 3.63) is 30.1 Å². The molecule has 0 unspecified atom stereocenters. The van der Waals surface area contributed by atoms with Crippen molar-refractivity contribution >= 4 is 15.6 Å². The third kappa shape index (κ3) is 5.58. The van der Waals surface area contributed by atoms with Gasteiger partial charge in [-0.1, -0.05) is 13.0 Å². The molecule has 1 aromatic heterocycles. The van der Waals surface area contributed by atoms with Crippen molar-refractivity contribution in [2.75, 3.05) is 11.5 Å². The lowest BCUT2D eigenvalue weighted by molar-refractivity contribution is -0.118. The smallest absolute Gasteiger partial charge is 0.150 e. The summed E-state index contributed by atoms with van der Waals surface area (Å²) in [6, 6.07) is 5.42. The van der Waals surface area contributed by atoms with Gasteiger partial charge in [-0.2, -0.15) is 0 Å².